The molecule has 3 aliphatic rings. The van der Waals surface area contributed by atoms with Crippen LogP contribution >= 0.6 is 0 Å². The second-order valence-corrected chi connectivity index (χ2v) is 8.01. The van der Waals surface area contributed by atoms with Crippen molar-refractivity contribution in [2.24, 2.45) is 5.41 Å². The number of nitrogens with one attached hydrogen (secondary N) is 1. The first-order valence-corrected chi connectivity index (χ1v) is 9.81. The van der Waals surface area contributed by atoms with Crippen LogP contribution in [0.25, 0.3) is 0 Å². The van der Waals surface area contributed by atoms with Gasteiger partial charge in [-0.3, -0.25) is 9.48 Å². The van der Waals surface area contributed by atoms with Gasteiger partial charge in [-0.25, -0.2) is 0 Å². The van der Waals surface area contributed by atoms with Gasteiger partial charge >= 0.3 is 0 Å². The van der Waals surface area contributed by atoms with Crippen molar-refractivity contribution >= 4 is 5.91 Å². The first-order chi connectivity index (χ1) is 11.7. The highest BCUT2D eigenvalue weighted by atomic mass is 16.1. The Hall–Kier alpha value is -1.36. The molecule has 4 rings (SSSR count). The molecular weight excluding hydrogens is 300 g/mol. The largest absolute Gasteiger partial charge is 0.349 e. The van der Waals surface area contributed by atoms with E-state index in [1.54, 1.807) is 0 Å². The number of piperidine rings is 1. The van der Waals surface area contributed by atoms with E-state index < -0.39 is 0 Å². The number of fused-ring (bicyclic) bond motifs is 1. The highest BCUT2D eigenvalue weighted by Crippen LogP contribution is 2.44. The number of amides is 1. The zero-order valence-corrected chi connectivity index (χ0v) is 14.7. The third-order valence-corrected chi connectivity index (χ3v) is 6.44. The molecule has 2 fully saturated rings. The van der Waals surface area contributed by atoms with Gasteiger partial charge in [0.15, 0.2) is 0 Å². The second-order valence-electron chi connectivity index (χ2n) is 8.01. The van der Waals surface area contributed by atoms with Gasteiger partial charge in [-0.15, -0.1) is 0 Å². The summed E-state index contributed by atoms with van der Waals surface area (Å²) in [7, 11) is 0. The number of aryl methyl sites for hydroxylation is 2. The molecule has 1 aromatic rings. The fraction of sp³-hybridized carbons (Fsp3) is 0.789. The lowest BCUT2D eigenvalue weighted by atomic mass is 9.68. The Labute approximate surface area is 144 Å². The van der Waals surface area contributed by atoms with E-state index in [0.29, 0.717) is 11.1 Å². The first kappa shape index (κ1) is 16.1. The summed E-state index contributed by atoms with van der Waals surface area (Å²) in [6.45, 7) is 5.06. The molecule has 0 aromatic carbocycles. The van der Waals surface area contributed by atoms with Gasteiger partial charge in [0, 0.05) is 25.3 Å². The molecular formula is C19H30N4O. The predicted octanol–water partition coefficient (Wildman–Crippen LogP) is 2.61. The van der Waals surface area contributed by atoms with Gasteiger partial charge in [-0.05, 0) is 63.1 Å². The molecule has 1 saturated carbocycles. The van der Waals surface area contributed by atoms with Gasteiger partial charge in [0.2, 0.25) is 0 Å². The number of hydrogen-bond acceptors (Lipinski definition) is 3. The third-order valence-electron chi connectivity index (χ3n) is 6.44. The SMILES string of the molecule is O=C(NCCN1CCC2(CCCCC2)CC1)c1cc2n(n1)CCC2. The molecule has 1 N–H and O–H groups in total. The van der Waals surface area contributed by atoms with E-state index in [-0.39, 0.29) is 5.91 Å². The van der Waals surface area contributed by atoms with Gasteiger partial charge in [-0.1, -0.05) is 19.3 Å². The number of hydrogen-bond donors (Lipinski definition) is 1. The highest BCUT2D eigenvalue weighted by Gasteiger charge is 2.35. The lowest BCUT2D eigenvalue weighted by molar-refractivity contribution is 0.0672. The molecule has 0 radical (unpaired) electrons. The molecule has 132 valence electrons. The van der Waals surface area contributed by atoms with E-state index in [9.17, 15) is 4.79 Å². The maximum absolute atomic E-state index is 12.2. The maximum atomic E-state index is 12.2. The van der Waals surface area contributed by atoms with E-state index >= 15 is 0 Å². The summed E-state index contributed by atoms with van der Waals surface area (Å²) in [5.74, 6) is -0.0161. The van der Waals surface area contributed by atoms with Crippen LogP contribution in [-0.2, 0) is 13.0 Å². The number of carbonyl (C=O) groups is 1. The average molecular weight is 330 g/mol. The minimum absolute atomic E-state index is 0.0161. The van der Waals surface area contributed by atoms with Gasteiger partial charge < -0.3 is 10.2 Å². The van der Waals surface area contributed by atoms with Gasteiger partial charge in [-0.2, -0.15) is 5.10 Å². The van der Waals surface area contributed by atoms with Crippen LogP contribution in [-0.4, -0.2) is 46.8 Å². The quantitative estimate of drug-likeness (QED) is 0.923. The summed E-state index contributed by atoms with van der Waals surface area (Å²) < 4.78 is 1.98. The number of nitrogens with zero attached hydrogens (tertiary/aromatic N) is 3. The third kappa shape index (κ3) is 3.37. The molecule has 1 aromatic heterocycles. The van der Waals surface area contributed by atoms with Crippen LogP contribution in [0, 0.1) is 5.41 Å². The van der Waals surface area contributed by atoms with Crippen molar-refractivity contribution in [3.63, 3.8) is 0 Å². The van der Waals surface area contributed by atoms with Crippen molar-refractivity contribution in [1.29, 1.82) is 0 Å². The standard InChI is InChI=1S/C19H30N4O/c24-18(17-15-16-5-4-11-23(16)21-17)20-10-14-22-12-8-19(9-13-22)6-2-1-3-7-19/h15H,1-14H2,(H,20,24). The summed E-state index contributed by atoms with van der Waals surface area (Å²) in [5, 5.41) is 7.45. The summed E-state index contributed by atoms with van der Waals surface area (Å²) in [6, 6.07) is 1.95. The Balaban J connectivity index is 1.19. The lowest BCUT2D eigenvalue weighted by Gasteiger charge is -2.44. The summed E-state index contributed by atoms with van der Waals surface area (Å²) in [4.78, 5) is 14.7. The molecule has 0 unspecified atom stereocenters. The van der Waals surface area contributed by atoms with Crippen molar-refractivity contribution < 1.29 is 4.79 Å². The molecule has 0 atom stereocenters. The normalized spacial score (nSPS) is 23.3. The fourth-order valence-corrected chi connectivity index (χ4v) is 4.84. The van der Waals surface area contributed by atoms with E-state index in [1.165, 1.54) is 63.7 Å². The minimum Gasteiger partial charge on any atom is -0.349 e. The van der Waals surface area contributed by atoms with Crippen LogP contribution in [0.5, 0.6) is 0 Å². The smallest absolute Gasteiger partial charge is 0.271 e. The van der Waals surface area contributed by atoms with Crippen molar-refractivity contribution in [3.8, 4) is 0 Å². The molecule has 1 saturated heterocycles. The first-order valence-electron chi connectivity index (χ1n) is 9.81. The predicted molar refractivity (Wildman–Crippen MR) is 94.1 cm³/mol. The monoisotopic (exact) mass is 330 g/mol. The topological polar surface area (TPSA) is 50.2 Å². The summed E-state index contributed by atoms with van der Waals surface area (Å²) in [6.07, 6.45) is 12.1. The Bertz CT molecular complexity index is 557. The summed E-state index contributed by atoms with van der Waals surface area (Å²) in [5.41, 5.74) is 2.45. The van der Waals surface area contributed by atoms with Crippen LogP contribution < -0.4 is 5.32 Å². The molecule has 5 nitrogen and oxygen atoms in total. The van der Waals surface area contributed by atoms with Gasteiger partial charge in [0.05, 0.1) is 0 Å². The lowest BCUT2D eigenvalue weighted by Crippen LogP contribution is -2.44. The Kier molecular flexibility index (Phi) is 4.61. The molecule has 5 heteroatoms. The van der Waals surface area contributed by atoms with Crippen LogP contribution in [0.3, 0.4) is 0 Å². The maximum Gasteiger partial charge on any atom is 0.271 e. The van der Waals surface area contributed by atoms with Gasteiger partial charge in [0.1, 0.15) is 5.69 Å². The number of rotatable bonds is 4. The fourth-order valence-electron chi connectivity index (χ4n) is 4.84. The Morgan fingerprint density at radius 2 is 1.88 bits per heavy atom. The Morgan fingerprint density at radius 3 is 2.62 bits per heavy atom. The molecule has 24 heavy (non-hydrogen) atoms. The van der Waals surface area contributed by atoms with Crippen molar-refractivity contribution in [2.75, 3.05) is 26.2 Å². The molecule has 1 amide bonds. The van der Waals surface area contributed by atoms with Crippen molar-refractivity contribution in [3.05, 3.63) is 17.5 Å². The molecule has 1 spiro atoms. The second kappa shape index (κ2) is 6.87. The zero-order valence-electron chi connectivity index (χ0n) is 14.7. The molecule has 1 aliphatic carbocycles. The van der Waals surface area contributed by atoms with Crippen LogP contribution in [0.15, 0.2) is 6.07 Å². The van der Waals surface area contributed by atoms with Gasteiger partial charge in [0.25, 0.3) is 5.91 Å². The van der Waals surface area contributed by atoms with Crippen LogP contribution in [0.2, 0.25) is 0 Å². The van der Waals surface area contributed by atoms with Crippen molar-refractivity contribution in [1.82, 2.24) is 20.0 Å². The Morgan fingerprint density at radius 1 is 1.08 bits per heavy atom. The van der Waals surface area contributed by atoms with Crippen molar-refractivity contribution in [2.45, 2.75) is 64.3 Å². The van der Waals surface area contributed by atoms with Crippen LogP contribution in [0.1, 0.15) is 67.5 Å². The number of aromatic nitrogens is 2. The highest BCUT2D eigenvalue weighted by molar-refractivity contribution is 5.92. The summed E-state index contributed by atoms with van der Waals surface area (Å²) >= 11 is 0. The molecule has 3 heterocycles. The van der Waals surface area contributed by atoms with E-state index in [1.807, 2.05) is 10.7 Å². The zero-order chi connectivity index (χ0) is 16.4. The molecule has 0 bridgehead atoms. The number of carbonyl (C=O) groups excluding carboxylic acids is 1. The molecule has 2 aliphatic heterocycles. The van der Waals surface area contributed by atoms with E-state index in [0.717, 1.165) is 32.5 Å². The number of likely N-dealkylation sites (tertiary alicyclic amines) is 1. The van der Waals surface area contributed by atoms with E-state index in [2.05, 4.69) is 15.3 Å². The average Bonchev–Trinajstić information content (AvgIpc) is 3.19. The minimum atomic E-state index is -0.0161. The van der Waals surface area contributed by atoms with E-state index in [4.69, 9.17) is 0 Å². The van der Waals surface area contributed by atoms with Crippen LogP contribution in [0.4, 0.5) is 0 Å².